The van der Waals surface area contributed by atoms with E-state index in [1.807, 2.05) is 0 Å². The van der Waals surface area contributed by atoms with Gasteiger partial charge in [-0.25, -0.2) is 4.57 Å². The molecular weight excluding hydrogens is 1200 g/mol. The molecule has 2 aliphatic carbocycles. The first kappa shape index (κ1) is 81.3. The van der Waals surface area contributed by atoms with Crippen LogP contribution in [0.2, 0.25) is 0 Å². The molecule has 28 heteroatoms. The average molecular weight is 1310 g/mol. The Labute approximate surface area is 521 Å². The molecule has 3 aliphatic rings. The van der Waals surface area contributed by atoms with E-state index in [-0.39, 0.29) is 12.8 Å². The molecule has 88 heavy (non-hydrogen) atoms. The highest BCUT2D eigenvalue weighted by molar-refractivity contribution is 7.47. The molecule has 0 aromatic rings. The van der Waals surface area contributed by atoms with Gasteiger partial charge in [-0.3, -0.25) is 18.6 Å². The molecule has 2 saturated carbocycles. The van der Waals surface area contributed by atoms with Crippen molar-refractivity contribution in [2.45, 2.75) is 361 Å². The number of aliphatic hydroxyl groups is 14. The fourth-order valence-corrected chi connectivity index (χ4v) is 13.5. The molecule has 15 N–H and O–H groups in total. The predicted molar refractivity (Wildman–Crippen MR) is 321 cm³/mol. The maximum atomic E-state index is 13.7. The van der Waals surface area contributed by atoms with Gasteiger partial charge in [0.25, 0.3) is 7.82 Å². The molecule has 0 amide bonds. The number of phosphoric ester groups is 2. The summed E-state index contributed by atoms with van der Waals surface area (Å²) in [5.41, 5.74) is 0. The fourth-order valence-electron chi connectivity index (χ4n) is 11.6. The van der Waals surface area contributed by atoms with Crippen molar-refractivity contribution in [3.8, 4) is 0 Å². The average Bonchev–Trinajstić information content (AvgIpc) is 2.21. The molecule has 0 radical (unpaired) electrons. The summed E-state index contributed by atoms with van der Waals surface area (Å²) in [4.78, 5) is 28.1. The van der Waals surface area contributed by atoms with Gasteiger partial charge < -0.3 is 105 Å². The molecule has 3 fully saturated rings. The lowest BCUT2D eigenvalue weighted by Crippen LogP contribution is -2.67. The van der Waals surface area contributed by atoms with Gasteiger partial charge in [0.1, 0.15) is 97.7 Å². The minimum absolute atomic E-state index is 0.0563. The van der Waals surface area contributed by atoms with E-state index in [0.29, 0.717) is 19.3 Å². The van der Waals surface area contributed by atoms with Crippen molar-refractivity contribution in [2.75, 3.05) is 13.2 Å². The second kappa shape index (κ2) is 44.7. The van der Waals surface area contributed by atoms with Crippen molar-refractivity contribution in [1.82, 2.24) is 0 Å². The molecule has 1 saturated heterocycles. The Bertz CT molecular complexity index is 1900. The minimum atomic E-state index is -5.85. The van der Waals surface area contributed by atoms with Crippen LogP contribution in [-0.2, 0) is 36.7 Å². The van der Waals surface area contributed by atoms with Gasteiger partial charge in [-0.1, -0.05) is 226 Å². The summed E-state index contributed by atoms with van der Waals surface area (Å²) < 4.78 is 57.4. The molecule has 3 rings (SSSR count). The largest absolute Gasteiger partial charge is 0.860 e. The van der Waals surface area contributed by atoms with Crippen molar-refractivity contribution in [2.24, 2.45) is 4.99 Å². The third-order valence-electron chi connectivity index (χ3n) is 17.3. The fraction of sp³-hybridized carbons (Fsp3) is 0.983. The zero-order valence-corrected chi connectivity index (χ0v) is 54.1. The molecular formula is C60H115NO25P2-2. The zero-order chi connectivity index (χ0) is 65.2. The topological polar surface area (TPSA) is 451 Å². The van der Waals surface area contributed by atoms with Gasteiger partial charge in [0.05, 0.1) is 31.5 Å². The van der Waals surface area contributed by atoms with Gasteiger partial charge in [-0.15, -0.1) is 0 Å². The number of hydrogen-bond acceptors (Lipinski definition) is 25. The van der Waals surface area contributed by atoms with Crippen LogP contribution in [0.4, 0.5) is 0 Å². The van der Waals surface area contributed by atoms with E-state index in [1.165, 1.54) is 128 Å². The van der Waals surface area contributed by atoms with E-state index in [2.05, 4.69) is 18.8 Å². The summed E-state index contributed by atoms with van der Waals surface area (Å²) in [6.07, 6.45) is -4.00. The Kier molecular flexibility index (Phi) is 41.3. The van der Waals surface area contributed by atoms with E-state index < -0.39 is 157 Å². The molecule has 522 valence electrons. The number of unbranched alkanes of at least 4 members (excludes halogenated alkanes) is 31. The second-order valence-corrected chi connectivity index (χ2v) is 27.6. The van der Waals surface area contributed by atoms with Gasteiger partial charge in [-0.05, 0) is 18.7 Å². The molecule has 22 atom stereocenters. The maximum Gasteiger partial charge on any atom is 0.472 e. The van der Waals surface area contributed by atoms with Gasteiger partial charge in [-0.2, -0.15) is 0 Å². The first-order chi connectivity index (χ1) is 41.9. The summed E-state index contributed by atoms with van der Waals surface area (Å²) in [6, 6.07) is -1.58. The number of hydrogen-bond donors (Lipinski definition) is 15. The van der Waals surface area contributed by atoms with Crippen LogP contribution in [0, 0.1) is 0 Å². The van der Waals surface area contributed by atoms with Crippen molar-refractivity contribution in [3.63, 3.8) is 0 Å². The summed E-state index contributed by atoms with van der Waals surface area (Å²) in [5, 5.41) is 162. The van der Waals surface area contributed by atoms with Crippen molar-refractivity contribution in [1.29, 1.82) is 0 Å². The van der Waals surface area contributed by atoms with Crippen LogP contribution in [0.15, 0.2) is 4.99 Å². The molecule has 1 aliphatic heterocycles. The van der Waals surface area contributed by atoms with Crippen molar-refractivity contribution < 1.29 is 123 Å². The van der Waals surface area contributed by atoms with Gasteiger partial charge in [0, 0.05) is 0 Å². The molecule has 0 bridgehead atoms. The maximum absolute atomic E-state index is 13.7. The summed E-state index contributed by atoms with van der Waals surface area (Å²) >= 11 is 0. The second-order valence-electron chi connectivity index (χ2n) is 24.8. The van der Waals surface area contributed by atoms with E-state index in [0.717, 1.165) is 64.2 Å². The molecule has 26 nitrogen and oxygen atoms in total. The highest BCUT2D eigenvalue weighted by Crippen LogP contribution is 2.48. The van der Waals surface area contributed by atoms with E-state index >= 15 is 0 Å². The Morgan fingerprint density at radius 2 is 0.784 bits per heavy atom. The number of aliphatic hydroxyl groups excluding tert-OH is 14. The van der Waals surface area contributed by atoms with Crippen LogP contribution in [-0.4, -0.2) is 218 Å². The first-order valence-corrected chi connectivity index (χ1v) is 36.2. The van der Waals surface area contributed by atoms with Gasteiger partial charge in [0.2, 0.25) is 0 Å². The zero-order valence-electron chi connectivity index (χ0n) is 52.3. The summed E-state index contributed by atoms with van der Waals surface area (Å²) in [5.74, 6) is -1.02. The third kappa shape index (κ3) is 29.8. The highest BCUT2D eigenvalue weighted by atomic mass is 31.2. The van der Waals surface area contributed by atoms with Crippen LogP contribution in [0.1, 0.15) is 239 Å². The molecule has 0 spiro atoms. The molecule has 1 heterocycles. The first-order valence-electron chi connectivity index (χ1n) is 33.3. The van der Waals surface area contributed by atoms with Crippen LogP contribution in [0.25, 0.3) is 0 Å². The number of rotatable bonds is 50. The Morgan fingerprint density at radius 1 is 0.443 bits per heavy atom. The lowest BCUT2D eigenvalue weighted by molar-refractivity contribution is -0.341. The Balaban J connectivity index is 1.61. The number of phosphoric acid groups is 2. The highest BCUT2D eigenvalue weighted by Gasteiger charge is 2.56. The molecule has 0 aromatic carbocycles. The lowest BCUT2D eigenvalue weighted by atomic mass is 9.84. The Morgan fingerprint density at radius 3 is 1.19 bits per heavy atom. The SMILES string of the molecule is CCCCCCCCCCCCCCCCCCCCCCC(O)C([O-])=N[C@@H](COP(=O)([O-])O[C@@H]1[C@H](O)[C@H](O)[C@@H](O)[C@H](O)[C@H]1O[C@@H]1O[C@H](COP(=O)(O)OC2[C@H](O)[C@H](O)C(O)[C@H](O)[C@H]2O)[C@@H](O)[C@H](O)[C@@H]1O)[C@H](O)CCCCCCCCCCCCCCC. The van der Waals surface area contributed by atoms with E-state index in [9.17, 15) is 95.5 Å². The number of aliphatic imine (C=N–C) groups is 1. The quantitative estimate of drug-likeness (QED) is 0.0180. The van der Waals surface area contributed by atoms with Crippen LogP contribution < -0.4 is 10.00 Å². The van der Waals surface area contributed by atoms with E-state index in [1.54, 1.807) is 0 Å². The standard InChI is InChI=1S/C60H117NO25P2/c1-3-5-7-9-11-13-15-17-18-19-20-21-22-23-25-27-29-31-33-35-37-42(63)59(76)61-40(41(62)36-34-32-30-28-26-24-16-14-12-10-8-6-4-2)38-81-87(77,78)86-58-54(74)50(70)49(69)53(73)57(58)84-60-55(75)45(65)44(64)43(83-60)39-82-88(79,80)85-56-51(71)47(67)46(66)48(68)52(56)72/h40-58,60,62-75H,3-39H2,1-2H3,(H,61,76)(H,77,78)(H,79,80)/p-2/t40-,41+,42?,43+,44+,45-,46?,47-,48+,49+,50+,51+,52+,53-,54+,55-,56?,57+,58+,60-/m0/s1. The smallest absolute Gasteiger partial charge is 0.472 e. The monoisotopic (exact) mass is 1310 g/mol. The molecule has 5 unspecified atom stereocenters. The van der Waals surface area contributed by atoms with E-state index in [4.69, 9.17) is 27.6 Å². The van der Waals surface area contributed by atoms with Gasteiger partial charge in [0.15, 0.2) is 6.29 Å². The lowest BCUT2D eigenvalue weighted by Gasteiger charge is -2.48. The predicted octanol–water partition coefficient (Wildman–Crippen LogP) is 3.37. The van der Waals surface area contributed by atoms with Crippen LogP contribution in [0.3, 0.4) is 0 Å². The van der Waals surface area contributed by atoms with Crippen LogP contribution in [0.5, 0.6) is 0 Å². The summed E-state index contributed by atoms with van der Waals surface area (Å²) in [7, 11) is -11.4. The van der Waals surface area contributed by atoms with Crippen molar-refractivity contribution >= 4 is 21.5 Å². The van der Waals surface area contributed by atoms with Crippen LogP contribution >= 0.6 is 15.6 Å². The summed E-state index contributed by atoms with van der Waals surface area (Å²) in [6.45, 7) is 2.12. The molecule has 0 aromatic heterocycles. The minimum Gasteiger partial charge on any atom is -0.860 e. The normalized spacial score (nSPS) is 32.2. The number of ether oxygens (including phenoxy) is 2. The Hall–Kier alpha value is -0.950. The number of nitrogens with zero attached hydrogens (tertiary/aromatic N) is 1. The van der Waals surface area contributed by atoms with Gasteiger partial charge >= 0.3 is 7.82 Å². The third-order valence-corrected chi connectivity index (χ3v) is 19.3. The van der Waals surface area contributed by atoms with Crippen molar-refractivity contribution in [3.05, 3.63) is 0 Å².